The van der Waals surface area contributed by atoms with Gasteiger partial charge in [-0.25, -0.2) is 0 Å². The van der Waals surface area contributed by atoms with Gasteiger partial charge in [-0.2, -0.15) is 0 Å². The maximum Gasteiger partial charge on any atom is 0.0375 e. The molecule has 2 aliphatic rings. The van der Waals surface area contributed by atoms with Crippen molar-refractivity contribution in [3.63, 3.8) is 0 Å². The van der Waals surface area contributed by atoms with E-state index in [2.05, 4.69) is 46.0 Å². The Morgan fingerprint density at radius 3 is 2.71 bits per heavy atom. The third-order valence-corrected chi connectivity index (χ3v) is 6.28. The van der Waals surface area contributed by atoms with Crippen LogP contribution >= 0.6 is 15.9 Å². The van der Waals surface area contributed by atoms with E-state index in [1.807, 2.05) is 0 Å². The van der Waals surface area contributed by atoms with E-state index in [1.54, 1.807) is 0 Å². The molecule has 0 amide bonds. The van der Waals surface area contributed by atoms with E-state index in [0.717, 1.165) is 18.9 Å². The van der Waals surface area contributed by atoms with Crippen LogP contribution in [0.1, 0.15) is 43.7 Å². The number of likely N-dealkylation sites (tertiary alicyclic amines) is 1. The molecule has 3 heteroatoms. The topological polar surface area (TPSA) is 29.3 Å². The first kappa shape index (κ1) is 15.5. The second-order valence-electron chi connectivity index (χ2n) is 6.86. The fourth-order valence-electron chi connectivity index (χ4n) is 4.20. The summed E-state index contributed by atoms with van der Waals surface area (Å²) in [4.78, 5) is 2.71. The molecule has 1 unspecified atom stereocenters. The molecule has 21 heavy (non-hydrogen) atoms. The Morgan fingerprint density at radius 2 is 2.05 bits per heavy atom. The Kier molecular flexibility index (Phi) is 4.72. The van der Waals surface area contributed by atoms with Gasteiger partial charge in [0.25, 0.3) is 0 Å². The van der Waals surface area contributed by atoms with Crippen LogP contribution in [0.15, 0.2) is 22.7 Å². The van der Waals surface area contributed by atoms with E-state index in [1.165, 1.54) is 60.8 Å². The molecule has 1 saturated heterocycles. The molecule has 3 rings (SSSR count). The molecule has 1 heterocycles. The molecule has 1 aliphatic carbocycles. The van der Waals surface area contributed by atoms with Crippen molar-refractivity contribution in [1.29, 1.82) is 0 Å². The Hall–Kier alpha value is -0.380. The number of hydrogen-bond donors (Lipinski definition) is 1. The molecule has 0 bridgehead atoms. The minimum Gasteiger partial charge on any atom is -0.329 e. The van der Waals surface area contributed by atoms with Gasteiger partial charge in [0.05, 0.1) is 0 Å². The van der Waals surface area contributed by atoms with Crippen molar-refractivity contribution in [2.75, 3.05) is 19.6 Å². The number of nitrogens with two attached hydrogens (primary N) is 1. The highest BCUT2D eigenvalue weighted by Crippen LogP contribution is 2.36. The zero-order valence-corrected chi connectivity index (χ0v) is 14.7. The van der Waals surface area contributed by atoms with Crippen molar-refractivity contribution in [1.82, 2.24) is 4.90 Å². The van der Waals surface area contributed by atoms with E-state index in [-0.39, 0.29) is 5.54 Å². The summed E-state index contributed by atoms with van der Waals surface area (Å²) in [6.07, 6.45) is 7.55. The number of fused-ring (bicyclic) bond motifs is 1. The summed E-state index contributed by atoms with van der Waals surface area (Å²) < 4.78 is 1.20. The molecule has 0 aromatic heterocycles. The van der Waals surface area contributed by atoms with Crippen LogP contribution in [-0.4, -0.2) is 30.1 Å². The lowest BCUT2D eigenvalue weighted by Gasteiger charge is -2.49. The number of piperidine rings is 1. The first-order valence-electron chi connectivity index (χ1n) is 8.39. The van der Waals surface area contributed by atoms with Gasteiger partial charge in [0.1, 0.15) is 0 Å². The highest BCUT2D eigenvalue weighted by Gasteiger charge is 2.39. The predicted molar refractivity (Wildman–Crippen MR) is 92.5 cm³/mol. The molecule has 2 N–H and O–H groups in total. The number of hydrogen-bond acceptors (Lipinski definition) is 2. The SMILES string of the molecule is CCC1CCN(C2(CN)CCc3cc(Br)ccc3C2)CC1. The van der Waals surface area contributed by atoms with Gasteiger partial charge in [0.2, 0.25) is 0 Å². The van der Waals surface area contributed by atoms with E-state index < -0.39 is 0 Å². The Labute approximate surface area is 137 Å². The number of halogens is 1. The zero-order chi connectivity index (χ0) is 14.9. The summed E-state index contributed by atoms with van der Waals surface area (Å²) in [5.41, 5.74) is 9.50. The van der Waals surface area contributed by atoms with Gasteiger partial charge in [-0.3, -0.25) is 4.90 Å². The first-order chi connectivity index (χ1) is 10.2. The molecule has 0 radical (unpaired) electrons. The standard InChI is InChI=1S/C18H27BrN2/c1-2-14-6-9-21(10-7-14)18(13-20)8-5-15-11-17(19)4-3-16(15)12-18/h3-4,11,14H,2,5-10,12-13,20H2,1H3. The van der Waals surface area contributed by atoms with Crippen molar-refractivity contribution in [2.24, 2.45) is 11.7 Å². The summed E-state index contributed by atoms with van der Waals surface area (Å²) in [5.74, 6) is 0.933. The zero-order valence-electron chi connectivity index (χ0n) is 13.1. The maximum absolute atomic E-state index is 6.27. The second kappa shape index (κ2) is 6.39. The van der Waals surface area contributed by atoms with E-state index in [4.69, 9.17) is 5.73 Å². The molecule has 1 fully saturated rings. The summed E-state index contributed by atoms with van der Waals surface area (Å²) in [6, 6.07) is 6.76. The van der Waals surface area contributed by atoms with Crippen LogP contribution in [-0.2, 0) is 12.8 Å². The van der Waals surface area contributed by atoms with E-state index in [9.17, 15) is 0 Å². The number of rotatable bonds is 3. The predicted octanol–water partition coefficient (Wildman–Crippen LogP) is 3.76. The monoisotopic (exact) mass is 350 g/mol. The van der Waals surface area contributed by atoms with Gasteiger partial charge in [-0.15, -0.1) is 0 Å². The first-order valence-corrected chi connectivity index (χ1v) is 9.18. The molecular formula is C18H27BrN2. The van der Waals surface area contributed by atoms with Gasteiger partial charge in [-0.1, -0.05) is 35.3 Å². The number of benzene rings is 1. The highest BCUT2D eigenvalue weighted by atomic mass is 79.9. The highest BCUT2D eigenvalue weighted by molar-refractivity contribution is 9.10. The quantitative estimate of drug-likeness (QED) is 0.899. The van der Waals surface area contributed by atoms with Crippen molar-refractivity contribution < 1.29 is 0 Å². The van der Waals surface area contributed by atoms with Crippen LogP contribution in [0.2, 0.25) is 0 Å². The lowest BCUT2D eigenvalue weighted by Crippen LogP contribution is -2.59. The Bertz CT molecular complexity index is 494. The Balaban J connectivity index is 1.78. The van der Waals surface area contributed by atoms with Crippen molar-refractivity contribution in [3.05, 3.63) is 33.8 Å². The van der Waals surface area contributed by atoms with E-state index >= 15 is 0 Å². The van der Waals surface area contributed by atoms with Gasteiger partial charge >= 0.3 is 0 Å². The molecule has 1 atom stereocenters. The fourth-order valence-corrected chi connectivity index (χ4v) is 4.61. The lowest BCUT2D eigenvalue weighted by molar-refractivity contribution is 0.0432. The van der Waals surface area contributed by atoms with Crippen molar-refractivity contribution in [2.45, 2.75) is 51.0 Å². The van der Waals surface area contributed by atoms with Gasteiger partial charge < -0.3 is 5.73 Å². The largest absolute Gasteiger partial charge is 0.329 e. The Morgan fingerprint density at radius 1 is 1.29 bits per heavy atom. The normalized spacial score (nSPS) is 27.6. The summed E-state index contributed by atoms with van der Waals surface area (Å²) in [6.45, 7) is 5.59. The molecule has 0 saturated carbocycles. The minimum absolute atomic E-state index is 0.208. The molecule has 1 aromatic carbocycles. The molecular weight excluding hydrogens is 324 g/mol. The fraction of sp³-hybridized carbons (Fsp3) is 0.667. The molecule has 2 nitrogen and oxygen atoms in total. The minimum atomic E-state index is 0.208. The summed E-state index contributed by atoms with van der Waals surface area (Å²) in [5, 5.41) is 0. The van der Waals surface area contributed by atoms with Crippen molar-refractivity contribution in [3.8, 4) is 0 Å². The smallest absolute Gasteiger partial charge is 0.0375 e. The van der Waals surface area contributed by atoms with Crippen LogP contribution in [0, 0.1) is 5.92 Å². The third-order valence-electron chi connectivity index (χ3n) is 5.79. The lowest BCUT2D eigenvalue weighted by atomic mass is 9.75. The maximum atomic E-state index is 6.27. The van der Waals surface area contributed by atoms with Crippen LogP contribution < -0.4 is 5.73 Å². The number of aryl methyl sites for hydroxylation is 1. The summed E-state index contributed by atoms with van der Waals surface area (Å²) in [7, 11) is 0. The van der Waals surface area contributed by atoms with Gasteiger partial charge in [0.15, 0.2) is 0 Å². The van der Waals surface area contributed by atoms with Gasteiger partial charge in [0, 0.05) is 16.6 Å². The molecule has 0 spiro atoms. The number of nitrogens with zero attached hydrogens (tertiary/aromatic N) is 1. The van der Waals surface area contributed by atoms with Crippen LogP contribution in [0.5, 0.6) is 0 Å². The summed E-state index contributed by atoms with van der Waals surface area (Å²) >= 11 is 3.59. The van der Waals surface area contributed by atoms with Crippen LogP contribution in [0.3, 0.4) is 0 Å². The van der Waals surface area contributed by atoms with Crippen molar-refractivity contribution >= 4 is 15.9 Å². The molecule has 1 aliphatic heterocycles. The average Bonchev–Trinajstić information content (AvgIpc) is 2.54. The third kappa shape index (κ3) is 3.06. The molecule has 1 aromatic rings. The molecule has 116 valence electrons. The van der Waals surface area contributed by atoms with E-state index in [0.29, 0.717) is 0 Å². The second-order valence-corrected chi connectivity index (χ2v) is 7.77. The average molecular weight is 351 g/mol. The van der Waals surface area contributed by atoms with Crippen LogP contribution in [0.25, 0.3) is 0 Å². The van der Waals surface area contributed by atoms with Gasteiger partial charge in [-0.05, 0) is 74.4 Å². The van der Waals surface area contributed by atoms with Crippen LogP contribution in [0.4, 0.5) is 0 Å².